The summed E-state index contributed by atoms with van der Waals surface area (Å²) in [4.78, 5) is 41.3. The standard InChI is InChI=1S/C22H27N5O2S2/c1-3-4-7-13-27-20(29)17-15-9-5-6-10-16(15)31-19(17)26-22(27)30-14(2)18(28)25-21-23-11-8-12-24-21/h8,11-12,14H,3-7,9-10,13H2,1-2H3,(H,23,24,25,28). The minimum atomic E-state index is -0.444. The van der Waals surface area contributed by atoms with Crippen LogP contribution in [0.2, 0.25) is 0 Å². The van der Waals surface area contributed by atoms with Crippen LogP contribution < -0.4 is 10.9 Å². The van der Waals surface area contributed by atoms with Crippen LogP contribution in [0.3, 0.4) is 0 Å². The Morgan fingerprint density at radius 2 is 2.03 bits per heavy atom. The number of fused-ring (bicyclic) bond motifs is 3. The first kappa shape index (κ1) is 22.0. The van der Waals surface area contributed by atoms with Crippen LogP contribution in [-0.2, 0) is 24.2 Å². The van der Waals surface area contributed by atoms with Gasteiger partial charge in [-0.2, -0.15) is 0 Å². The second kappa shape index (κ2) is 9.91. The number of hydrogen-bond donors (Lipinski definition) is 1. The summed E-state index contributed by atoms with van der Waals surface area (Å²) >= 11 is 2.97. The monoisotopic (exact) mass is 457 g/mol. The van der Waals surface area contributed by atoms with E-state index in [1.165, 1.54) is 28.6 Å². The maximum atomic E-state index is 13.5. The summed E-state index contributed by atoms with van der Waals surface area (Å²) < 4.78 is 1.78. The Morgan fingerprint density at radius 1 is 1.26 bits per heavy atom. The number of thioether (sulfide) groups is 1. The number of aryl methyl sites for hydroxylation is 2. The van der Waals surface area contributed by atoms with Crippen molar-refractivity contribution in [3.05, 3.63) is 39.3 Å². The largest absolute Gasteiger partial charge is 0.294 e. The third-order valence-corrected chi connectivity index (χ3v) is 7.75. The van der Waals surface area contributed by atoms with Crippen LogP contribution in [-0.4, -0.2) is 30.7 Å². The first-order valence-corrected chi connectivity index (χ1v) is 12.6. The molecule has 0 aromatic carbocycles. The van der Waals surface area contributed by atoms with E-state index < -0.39 is 5.25 Å². The topological polar surface area (TPSA) is 89.8 Å². The molecule has 3 heterocycles. The minimum absolute atomic E-state index is 0.0435. The van der Waals surface area contributed by atoms with Crippen molar-refractivity contribution in [2.75, 3.05) is 5.32 Å². The van der Waals surface area contributed by atoms with Gasteiger partial charge in [-0.25, -0.2) is 15.0 Å². The highest BCUT2D eigenvalue weighted by Gasteiger charge is 2.24. The summed E-state index contributed by atoms with van der Waals surface area (Å²) in [6, 6.07) is 1.70. The lowest BCUT2D eigenvalue weighted by Crippen LogP contribution is -2.27. The van der Waals surface area contributed by atoms with Crippen molar-refractivity contribution in [3.63, 3.8) is 0 Å². The quantitative estimate of drug-likeness (QED) is 0.306. The van der Waals surface area contributed by atoms with Crippen LogP contribution in [0.25, 0.3) is 10.2 Å². The van der Waals surface area contributed by atoms with E-state index in [9.17, 15) is 9.59 Å². The number of rotatable bonds is 8. The lowest BCUT2D eigenvalue weighted by molar-refractivity contribution is -0.115. The molecule has 3 aromatic rings. The lowest BCUT2D eigenvalue weighted by atomic mass is 9.97. The van der Waals surface area contributed by atoms with Gasteiger partial charge in [0.05, 0.1) is 10.6 Å². The van der Waals surface area contributed by atoms with Gasteiger partial charge in [0.25, 0.3) is 5.56 Å². The van der Waals surface area contributed by atoms with Crippen molar-refractivity contribution in [3.8, 4) is 0 Å². The molecule has 31 heavy (non-hydrogen) atoms. The number of aromatic nitrogens is 4. The molecule has 1 aliphatic carbocycles. The summed E-state index contributed by atoms with van der Waals surface area (Å²) in [6.07, 6.45) is 10.5. The van der Waals surface area contributed by atoms with Crippen LogP contribution in [0.15, 0.2) is 28.4 Å². The molecule has 1 atom stereocenters. The molecule has 0 radical (unpaired) electrons. The smallest absolute Gasteiger partial charge is 0.263 e. The van der Waals surface area contributed by atoms with Gasteiger partial charge in [-0.1, -0.05) is 31.5 Å². The minimum Gasteiger partial charge on any atom is -0.294 e. The number of nitrogens with one attached hydrogen (secondary N) is 1. The number of nitrogens with zero attached hydrogens (tertiary/aromatic N) is 4. The van der Waals surface area contributed by atoms with E-state index in [-0.39, 0.29) is 17.4 Å². The normalized spacial score (nSPS) is 14.4. The van der Waals surface area contributed by atoms with E-state index in [1.807, 2.05) is 6.92 Å². The average molecular weight is 458 g/mol. The van der Waals surface area contributed by atoms with Crippen LogP contribution >= 0.6 is 23.1 Å². The zero-order valence-corrected chi connectivity index (χ0v) is 19.5. The zero-order chi connectivity index (χ0) is 21.8. The van der Waals surface area contributed by atoms with Crippen LogP contribution in [0, 0.1) is 0 Å². The Balaban J connectivity index is 1.65. The van der Waals surface area contributed by atoms with E-state index in [4.69, 9.17) is 4.98 Å². The molecule has 1 N–H and O–H groups in total. The van der Waals surface area contributed by atoms with Gasteiger partial charge < -0.3 is 0 Å². The molecule has 0 aliphatic heterocycles. The van der Waals surface area contributed by atoms with E-state index in [0.717, 1.165) is 48.7 Å². The maximum Gasteiger partial charge on any atom is 0.263 e. The molecule has 7 nitrogen and oxygen atoms in total. The number of carbonyl (C=O) groups is 1. The summed E-state index contributed by atoms with van der Waals surface area (Å²) in [7, 11) is 0. The summed E-state index contributed by atoms with van der Waals surface area (Å²) in [5.41, 5.74) is 1.25. The molecule has 0 saturated heterocycles. The second-order valence-corrected chi connectivity index (χ2v) is 10.2. The van der Waals surface area contributed by atoms with Gasteiger partial charge in [-0.15, -0.1) is 11.3 Å². The molecule has 4 rings (SSSR count). The molecule has 0 spiro atoms. The van der Waals surface area contributed by atoms with Crippen LogP contribution in [0.5, 0.6) is 0 Å². The van der Waals surface area contributed by atoms with Gasteiger partial charge in [0.2, 0.25) is 11.9 Å². The number of hydrogen-bond acceptors (Lipinski definition) is 7. The average Bonchev–Trinajstić information content (AvgIpc) is 3.15. The van der Waals surface area contributed by atoms with Crippen molar-refractivity contribution >= 4 is 45.2 Å². The Bertz CT molecular complexity index is 1130. The molecule has 164 valence electrons. The van der Waals surface area contributed by atoms with Gasteiger partial charge >= 0.3 is 0 Å². The van der Waals surface area contributed by atoms with Gasteiger partial charge in [0.1, 0.15) is 4.83 Å². The molecule has 1 amide bonds. The Labute approximate surface area is 189 Å². The number of anilines is 1. The third kappa shape index (κ3) is 4.82. The fourth-order valence-electron chi connectivity index (χ4n) is 3.81. The predicted octanol–water partition coefficient (Wildman–Crippen LogP) is 4.44. The molecule has 0 fully saturated rings. The summed E-state index contributed by atoms with van der Waals surface area (Å²) in [5.74, 6) is 0.0609. The molecular weight excluding hydrogens is 430 g/mol. The molecule has 3 aromatic heterocycles. The Kier molecular flexibility index (Phi) is 7.02. The van der Waals surface area contributed by atoms with Crippen molar-refractivity contribution in [1.82, 2.24) is 19.5 Å². The highest BCUT2D eigenvalue weighted by Crippen LogP contribution is 2.35. The van der Waals surface area contributed by atoms with Gasteiger partial charge in [-0.3, -0.25) is 19.5 Å². The van der Waals surface area contributed by atoms with E-state index in [1.54, 1.807) is 34.4 Å². The van der Waals surface area contributed by atoms with E-state index in [2.05, 4.69) is 22.2 Å². The highest BCUT2D eigenvalue weighted by molar-refractivity contribution is 8.00. The van der Waals surface area contributed by atoms with Crippen molar-refractivity contribution in [1.29, 1.82) is 0 Å². The lowest BCUT2D eigenvalue weighted by Gasteiger charge is -2.16. The molecule has 1 unspecified atom stereocenters. The van der Waals surface area contributed by atoms with E-state index >= 15 is 0 Å². The molecule has 9 heteroatoms. The summed E-state index contributed by atoms with van der Waals surface area (Å²) in [5, 5.41) is 3.70. The molecule has 1 aliphatic rings. The molecule has 0 bridgehead atoms. The fourth-order valence-corrected chi connectivity index (χ4v) is 6.05. The van der Waals surface area contributed by atoms with E-state index in [0.29, 0.717) is 11.7 Å². The fraction of sp³-hybridized carbons (Fsp3) is 0.500. The van der Waals surface area contributed by atoms with Crippen LogP contribution in [0.4, 0.5) is 5.95 Å². The zero-order valence-electron chi connectivity index (χ0n) is 17.9. The van der Waals surface area contributed by atoms with Crippen LogP contribution in [0.1, 0.15) is 56.4 Å². The van der Waals surface area contributed by atoms with Gasteiger partial charge in [0, 0.05) is 23.8 Å². The number of unbranched alkanes of at least 4 members (excludes halogenated alkanes) is 2. The second-order valence-electron chi connectivity index (χ2n) is 7.77. The van der Waals surface area contributed by atoms with Crippen molar-refractivity contribution in [2.24, 2.45) is 0 Å². The number of carbonyl (C=O) groups excluding carboxylic acids is 1. The summed E-state index contributed by atoms with van der Waals surface area (Å²) in [6.45, 7) is 4.58. The first-order valence-electron chi connectivity index (χ1n) is 10.9. The number of thiophene rings is 1. The van der Waals surface area contributed by atoms with Gasteiger partial charge in [0.15, 0.2) is 5.16 Å². The third-order valence-electron chi connectivity index (χ3n) is 5.48. The van der Waals surface area contributed by atoms with Gasteiger partial charge in [-0.05, 0) is 50.7 Å². The maximum absolute atomic E-state index is 13.5. The highest BCUT2D eigenvalue weighted by atomic mass is 32.2. The number of amides is 1. The molecule has 0 saturated carbocycles. The van der Waals surface area contributed by atoms with Crippen molar-refractivity contribution in [2.45, 2.75) is 75.7 Å². The predicted molar refractivity (Wildman–Crippen MR) is 126 cm³/mol. The van der Waals surface area contributed by atoms with Crippen molar-refractivity contribution < 1.29 is 4.79 Å². The Hall–Kier alpha value is -2.26. The Morgan fingerprint density at radius 3 is 2.81 bits per heavy atom. The SMILES string of the molecule is CCCCCn1c(SC(C)C(=O)Nc2ncccn2)nc2sc3c(c2c1=O)CCCC3. The molecular formula is C22H27N5O2S2. The first-order chi connectivity index (χ1) is 15.1.